The van der Waals surface area contributed by atoms with Crippen LogP contribution in [-0.2, 0) is 37.3 Å². The smallest absolute Gasteiger partial charge is 0.254 e. The molecule has 0 aliphatic carbocycles. The van der Waals surface area contributed by atoms with Crippen molar-refractivity contribution in [3.8, 4) is 0 Å². The number of pyridine rings is 1. The molecular formula is C23H27ClN4O3. The summed E-state index contributed by atoms with van der Waals surface area (Å²) in [5.74, 6) is 1.14. The lowest BCUT2D eigenvalue weighted by Gasteiger charge is -2.12. The number of carbonyl (C=O) groups is 1. The maximum Gasteiger partial charge on any atom is 0.254 e. The number of halogens is 1. The zero-order valence-electron chi connectivity index (χ0n) is 18.0. The molecule has 31 heavy (non-hydrogen) atoms. The summed E-state index contributed by atoms with van der Waals surface area (Å²) in [4.78, 5) is 29.9. The van der Waals surface area contributed by atoms with Crippen molar-refractivity contribution < 1.29 is 9.21 Å². The Morgan fingerprint density at radius 1 is 1.23 bits per heavy atom. The normalized spacial score (nSPS) is 11.0. The van der Waals surface area contributed by atoms with Crippen molar-refractivity contribution in [1.82, 2.24) is 14.9 Å². The van der Waals surface area contributed by atoms with Gasteiger partial charge in [0.2, 0.25) is 5.91 Å². The predicted octanol–water partition coefficient (Wildman–Crippen LogP) is 2.98. The van der Waals surface area contributed by atoms with Crippen LogP contribution in [-0.4, -0.2) is 15.5 Å². The molecule has 0 saturated carbocycles. The third-order valence-electron chi connectivity index (χ3n) is 5.29. The van der Waals surface area contributed by atoms with E-state index in [0.29, 0.717) is 42.5 Å². The molecule has 7 nitrogen and oxygen atoms in total. The van der Waals surface area contributed by atoms with Crippen molar-refractivity contribution in [2.45, 2.75) is 53.2 Å². The lowest BCUT2D eigenvalue weighted by molar-refractivity contribution is -0.120. The number of oxazole rings is 1. The fraction of sp³-hybridized carbons (Fsp3) is 0.348. The van der Waals surface area contributed by atoms with E-state index in [1.165, 1.54) is 0 Å². The summed E-state index contributed by atoms with van der Waals surface area (Å²) < 4.78 is 7.06. The number of nitrogens with zero attached hydrogens (tertiary/aromatic N) is 2. The van der Waals surface area contributed by atoms with Crippen molar-refractivity contribution in [1.29, 1.82) is 0 Å². The van der Waals surface area contributed by atoms with Gasteiger partial charge in [0.25, 0.3) is 5.56 Å². The Kier molecular flexibility index (Phi) is 7.30. The van der Waals surface area contributed by atoms with Crippen LogP contribution < -0.4 is 16.6 Å². The van der Waals surface area contributed by atoms with E-state index in [-0.39, 0.29) is 17.9 Å². The van der Waals surface area contributed by atoms with E-state index in [1.807, 2.05) is 26.0 Å². The molecule has 0 atom stereocenters. The number of aryl methyl sites for hydroxylation is 5. The van der Waals surface area contributed by atoms with Gasteiger partial charge in [0.1, 0.15) is 5.76 Å². The molecule has 0 unspecified atom stereocenters. The van der Waals surface area contributed by atoms with Crippen LogP contribution in [0.4, 0.5) is 0 Å². The lowest BCUT2D eigenvalue weighted by atomic mass is 10.1. The summed E-state index contributed by atoms with van der Waals surface area (Å²) in [6, 6.07) is 7.27. The number of hydrogen-bond donors (Lipinski definition) is 2. The number of rotatable bonds is 8. The average Bonchev–Trinajstić information content (AvgIpc) is 3.06. The van der Waals surface area contributed by atoms with Crippen molar-refractivity contribution in [2.24, 2.45) is 5.73 Å². The molecule has 3 rings (SSSR count). The molecule has 3 aromatic rings. The maximum atomic E-state index is 13.0. The van der Waals surface area contributed by atoms with Crippen molar-refractivity contribution >= 4 is 17.5 Å². The van der Waals surface area contributed by atoms with Crippen molar-refractivity contribution in [3.05, 3.63) is 85.4 Å². The Morgan fingerprint density at radius 3 is 2.68 bits per heavy atom. The highest BCUT2D eigenvalue weighted by molar-refractivity contribution is 6.30. The van der Waals surface area contributed by atoms with Gasteiger partial charge in [0.05, 0.1) is 12.1 Å². The summed E-state index contributed by atoms with van der Waals surface area (Å²) in [5, 5.41) is 3.45. The molecule has 0 aliphatic rings. The van der Waals surface area contributed by atoms with Gasteiger partial charge in [-0.15, -0.1) is 0 Å². The molecule has 164 valence electrons. The molecular weight excluding hydrogens is 416 g/mol. The molecule has 1 aromatic carbocycles. The second kappa shape index (κ2) is 9.94. The zero-order chi connectivity index (χ0) is 22.5. The molecule has 0 saturated heterocycles. The first-order chi connectivity index (χ1) is 14.8. The molecule has 2 aromatic heterocycles. The second-order valence-corrected chi connectivity index (χ2v) is 7.97. The number of nitrogens with one attached hydrogen (secondary N) is 1. The average molecular weight is 443 g/mol. The van der Waals surface area contributed by atoms with E-state index in [4.69, 9.17) is 21.8 Å². The van der Waals surface area contributed by atoms with Gasteiger partial charge in [-0.2, -0.15) is 0 Å². The molecule has 0 spiro atoms. The quantitative estimate of drug-likeness (QED) is 0.558. The van der Waals surface area contributed by atoms with Gasteiger partial charge in [0.15, 0.2) is 5.89 Å². The topological polar surface area (TPSA) is 103 Å². The number of hydrogen-bond acceptors (Lipinski definition) is 5. The number of benzene rings is 1. The number of carbonyl (C=O) groups excluding carboxylic acids is 1. The molecule has 2 heterocycles. The van der Waals surface area contributed by atoms with E-state index in [2.05, 4.69) is 10.3 Å². The van der Waals surface area contributed by atoms with Crippen LogP contribution in [0.5, 0.6) is 0 Å². The van der Waals surface area contributed by atoms with Crippen LogP contribution in [0.2, 0.25) is 5.02 Å². The molecule has 0 radical (unpaired) electrons. The standard InChI is InChI=1S/C23H27ClN4O3/c1-14-6-8-28(9-7-21-15(2)31-16(3)27-21)23(30)20(14)11-22(29)26-13-18-10-19(24)5-4-17(18)12-25/h4-6,8,10H,7,9,11-13,25H2,1-3H3,(H,26,29). The Labute approximate surface area is 186 Å². The zero-order valence-corrected chi connectivity index (χ0v) is 18.8. The lowest BCUT2D eigenvalue weighted by Crippen LogP contribution is -2.31. The van der Waals surface area contributed by atoms with Crippen LogP contribution in [0.3, 0.4) is 0 Å². The summed E-state index contributed by atoms with van der Waals surface area (Å²) >= 11 is 6.05. The van der Waals surface area contributed by atoms with Gasteiger partial charge in [-0.3, -0.25) is 9.59 Å². The van der Waals surface area contributed by atoms with E-state index >= 15 is 0 Å². The van der Waals surface area contributed by atoms with Gasteiger partial charge in [-0.05, 0) is 48.7 Å². The summed E-state index contributed by atoms with van der Waals surface area (Å²) in [6.45, 7) is 6.61. The van der Waals surface area contributed by atoms with Crippen LogP contribution in [0.25, 0.3) is 0 Å². The molecule has 3 N–H and O–H groups in total. The van der Waals surface area contributed by atoms with Crippen LogP contribution in [0.15, 0.2) is 39.7 Å². The Morgan fingerprint density at radius 2 is 2.00 bits per heavy atom. The molecule has 0 fully saturated rings. The monoisotopic (exact) mass is 442 g/mol. The maximum absolute atomic E-state index is 13.0. The van der Waals surface area contributed by atoms with Gasteiger partial charge < -0.3 is 20.0 Å². The van der Waals surface area contributed by atoms with E-state index in [0.717, 1.165) is 28.1 Å². The summed E-state index contributed by atoms with van der Waals surface area (Å²) in [7, 11) is 0. The number of amides is 1. The third kappa shape index (κ3) is 5.62. The van der Waals surface area contributed by atoms with Crippen molar-refractivity contribution in [3.63, 3.8) is 0 Å². The Hall–Kier alpha value is -2.90. The highest BCUT2D eigenvalue weighted by Crippen LogP contribution is 2.16. The fourth-order valence-electron chi connectivity index (χ4n) is 3.51. The van der Waals surface area contributed by atoms with E-state index < -0.39 is 0 Å². The van der Waals surface area contributed by atoms with Gasteiger partial charge in [-0.1, -0.05) is 17.7 Å². The predicted molar refractivity (Wildman–Crippen MR) is 120 cm³/mol. The molecule has 0 bridgehead atoms. The highest BCUT2D eigenvalue weighted by Gasteiger charge is 2.14. The first-order valence-corrected chi connectivity index (χ1v) is 10.5. The SMILES string of the molecule is Cc1nc(CCn2ccc(C)c(CC(=O)NCc3cc(Cl)ccc3CN)c2=O)c(C)o1. The second-order valence-electron chi connectivity index (χ2n) is 7.53. The Balaban J connectivity index is 1.69. The van der Waals surface area contributed by atoms with Crippen molar-refractivity contribution in [2.75, 3.05) is 0 Å². The first kappa shape index (κ1) is 22.8. The van der Waals surface area contributed by atoms with Crippen LogP contribution in [0, 0.1) is 20.8 Å². The number of nitrogens with two attached hydrogens (primary N) is 1. The highest BCUT2D eigenvalue weighted by atomic mass is 35.5. The minimum Gasteiger partial charge on any atom is -0.446 e. The van der Waals surface area contributed by atoms with Gasteiger partial charge in [0, 0.05) is 49.8 Å². The van der Waals surface area contributed by atoms with Gasteiger partial charge in [-0.25, -0.2) is 4.98 Å². The first-order valence-electron chi connectivity index (χ1n) is 10.1. The summed E-state index contributed by atoms with van der Waals surface area (Å²) in [6.07, 6.45) is 2.33. The third-order valence-corrected chi connectivity index (χ3v) is 5.53. The van der Waals surface area contributed by atoms with E-state index in [9.17, 15) is 9.59 Å². The van der Waals surface area contributed by atoms with Crippen LogP contribution in [0.1, 0.15) is 39.6 Å². The Bertz CT molecular complexity index is 1150. The van der Waals surface area contributed by atoms with Gasteiger partial charge >= 0.3 is 0 Å². The minimum atomic E-state index is -0.233. The largest absolute Gasteiger partial charge is 0.446 e. The minimum absolute atomic E-state index is 0.00608. The number of aromatic nitrogens is 2. The fourth-order valence-corrected chi connectivity index (χ4v) is 3.70. The summed E-state index contributed by atoms with van der Waals surface area (Å²) in [5.41, 5.74) is 9.48. The molecule has 0 aliphatic heterocycles. The van der Waals surface area contributed by atoms with E-state index in [1.54, 1.807) is 29.8 Å². The molecule has 1 amide bonds. The molecule has 8 heteroatoms. The van der Waals surface area contributed by atoms with Crippen LogP contribution >= 0.6 is 11.6 Å².